The normalized spacial score (nSPS) is 24.8. The van der Waals surface area contributed by atoms with Gasteiger partial charge in [0.2, 0.25) is 0 Å². The number of piperazine rings is 1. The number of H-pyrrole nitrogens is 1. The van der Waals surface area contributed by atoms with E-state index in [2.05, 4.69) is 45.0 Å². The van der Waals surface area contributed by atoms with Crippen LogP contribution in [0.15, 0.2) is 4.47 Å². The lowest BCUT2D eigenvalue weighted by atomic mass is 10.1. The molecule has 1 aromatic rings. The van der Waals surface area contributed by atoms with Crippen molar-refractivity contribution in [1.29, 1.82) is 0 Å². The lowest BCUT2D eigenvalue weighted by molar-refractivity contribution is 0.0527. The molecular weight excluding hydrogens is 308 g/mol. The molecular formula is C13H19BrN4O. The fraction of sp³-hybridized carbons (Fsp3) is 0.692. The van der Waals surface area contributed by atoms with Gasteiger partial charge in [-0.05, 0) is 42.7 Å². The van der Waals surface area contributed by atoms with Gasteiger partial charge in [-0.15, -0.1) is 0 Å². The predicted octanol–water partition coefficient (Wildman–Crippen LogP) is 1.83. The largest absolute Gasteiger partial charge is 0.332 e. The monoisotopic (exact) mass is 326 g/mol. The summed E-state index contributed by atoms with van der Waals surface area (Å²) in [5, 5.41) is 7.25. The van der Waals surface area contributed by atoms with Crippen LogP contribution >= 0.6 is 15.9 Å². The minimum absolute atomic E-state index is 0.0376. The Morgan fingerprint density at radius 1 is 1.42 bits per heavy atom. The van der Waals surface area contributed by atoms with Gasteiger partial charge in [-0.2, -0.15) is 5.10 Å². The Balaban J connectivity index is 1.79. The number of amides is 1. The van der Waals surface area contributed by atoms with Crippen LogP contribution in [0.25, 0.3) is 0 Å². The predicted molar refractivity (Wildman–Crippen MR) is 76.3 cm³/mol. The molecule has 0 bridgehead atoms. The highest BCUT2D eigenvalue weighted by atomic mass is 79.9. The zero-order valence-electron chi connectivity index (χ0n) is 11.3. The maximum atomic E-state index is 12.6. The third-order valence-corrected chi connectivity index (χ3v) is 4.81. The quantitative estimate of drug-likeness (QED) is 0.902. The molecule has 1 amide bonds. The van der Waals surface area contributed by atoms with E-state index in [0.717, 1.165) is 29.8 Å². The summed E-state index contributed by atoms with van der Waals surface area (Å²) < 4.78 is 0.867. The van der Waals surface area contributed by atoms with Gasteiger partial charge in [0.15, 0.2) is 5.69 Å². The first-order valence-electron chi connectivity index (χ1n) is 6.81. The van der Waals surface area contributed by atoms with E-state index < -0.39 is 0 Å². The molecule has 0 radical (unpaired) electrons. The minimum Gasteiger partial charge on any atom is -0.332 e. The highest BCUT2D eigenvalue weighted by molar-refractivity contribution is 9.10. The molecule has 1 aliphatic carbocycles. The summed E-state index contributed by atoms with van der Waals surface area (Å²) in [4.78, 5) is 16.8. The molecule has 1 saturated carbocycles. The number of nitrogens with one attached hydrogen (secondary N) is 1. The third-order valence-electron chi connectivity index (χ3n) is 4.01. The van der Waals surface area contributed by atoms with Crippen LogP contribution in [0.2, 0.25) is 0 Å². The minimum atomic E-state index is 0.0376. The molecule has 1 aromatic heterocycles. The smallest absolute Gasteiger partial charge is 0.275 e. The van der Waals surface area contributed by atoms with Crippen LogP contribution in [0.4, 0.5) is 0 Å². The van der Waals surface area contributed by atoms with Gasteiger partial charge >= 0.3 is 0 Å². The second-order valence-corrected chi connectivity index (χ2v) is 6.48. The Kier molecular flexibility index (Phi) is 3.39. The van der Waals surface area contributed by atoms with E-state index in [1.165, 1.54) is 12.8 Å². The Labute approximate surface area is 121 Å². The van der Waals surface area contributed by atoms with Gasteiger partial charge in [0.1, 0.15) is 0 Å². The van der Waals surface area contributed by atoms with Crippen LogP contribution in [0.3, 0.4) is 0 Å². The van der Waals surface area contributed by atoms with Gasteiger partial charge in [-0.3, -0.25) is 9.89 Å². The molecule has 0 spiro atoms. The van der Waals surface area contributed by atoms with Gasteiger partial charge in [0, 0.05) is 31.6 Å². The van der Waals surface area contributed by atoms with Crippen molar-refractivity contribution in [2.24, 2.45) is 0 Å². The molecule has 2 heterocycles. The molecule has 2 aliphatic rings. The van der Waals surface area contributed by atoms with Crippen LogP contribution < -0.4 is 0 Å². The molecule has 6 heteroatoms. The molecule has 19 heavy (non-hydrogen) atoms. The number of nitrogens with zero attached hydrogens (tertiary/aromatic N) is 3. The average molecular weight is 327 g/mol. The third kappa shape index (κ3) is 2.43. The van der Waals surface area contributed by atoms with Gasteiger partial charge in [-0.1, -0.05) is 0 Å². The van der Waals surface area contributed by atoms with Gasteiger partial charge in [0.25, 0.3) is 5.91 Å². The number of hydrogen-bond donors (Lipinski definition) is 1. The summed E-state index contributed by atoms with van der Waals surface area (Å²) in [5.41, 5.74) is 1.63. The fourth-order valence-electron chi connectivity index (χ4n) is 2.70. The van der Waals surface area contributed by atoms with Crippen molar-refractivity contribution in [3.63, 3.8) is 0 Å². The van der Waals surface area contributed by atoms with Crippen molar-refractivity contribution in [2.75, 3.05) is 26.7 Å². The Morgan fingerprint density at radius 3 is 2.79 bits per heavy atom. The molecule has 3 rings (SSSR count). The first-order chi connectivity index (χ1) is 9.08. The van der Waals surface area contributed by atoms with E-state index >= 15 is 0 Å². The lowest BCUT2D eigenvalue weighted by Gasteiger charge is -2.37. The molecule has 2 fully saturated rings. The van der Waals surface area contributed by atoms with E-state index in [9.17, 15) is 4.79 Å². The van der Waals surface area contributed by atoms with Crippen LogP contribution in [0.1, 0.15) is 41.9 Å². The topological polar surface area (TPSA) is 52.2 Å². The van der Waals surface area contributed by atoms with Crippen molar-refractivity contribution in [2.45, 2.75) is 31.7 Å². The molecule has 0 unspecified atom stereocenters. The van der Waals surface area contributed by atoms with Crippen molar-refractivity contribution in [3.05, 3.63) is 15.9 Å². The second kappa shape index (κ2) is 4.90. The molecule has 1 aliphatic heterocycles. The van der Waals surface area contributed by atoms with E-state index in [-0.39, 0.29) is 11.9 Å². The summed E-state index contributed by atoms with van der Waals surface area (Å²) in [6.07, 6.45) is 2.39. The van der Waals surface area contributed by atoms with E-state index in [0.29, 0.717) is 11.6 Å². The molecule has 104 valence electrons. The number of carbonyl (C=O) groups is 1. The Morgan fingerprint density at radius 2 is 2.16 bits per heavy atom. The highest BCUT2D eigenvalue weighted by Crippen LogP contribution is 2.43. The van der Waals surface area contributed by atoms with Crippen LogP contribution in [-0.4, -0.2) is 58.6 Å². The van der Waals surface area contributed by atoms with Crippen molar-refractivity contribution >= 4 is 21.8 Å². The number of hydrogen-bond acceptors (Lipinski definition) is 3. The first kappa shape index (κ1) is 13.1. The first-order valence-corrected chi connectivity index (χ1v) is 7.60. The maximum absolute atomic E-state index is 12.6. The molecule has 0 aromatic carbocycles. The number of carbonyl (C=O) groups excluding carboxylic acids is 1. The molecule has 5 nitrogen and oxygen atoms in total. The summed E-state index contributed by atoms with van der Waals surface area (Å²) >= 11 is 3.54. The van der Waals surface area contributed by atoms with Crippen LogP contribution in [0.5, 0.6) is 0 Å². The molecule has 1 saturated heterocycles. The average Bonchev–Trinajstić information content (AvgIpc) is 3.12. The van der Waals surface area contributed by atoms with Crippen molar-refractivity contribution in [3.8, 4) is 0 Å². The zero-order valence-corrected chi connectivity index (χ0v) is 12.9. The standard InChI is InChI=1S/C13H19BrN4O/c1-8-7-17(2)5-6-18(8)13(19)12-10(14)11(15-16-12)9-3-4-9/h8-9H,3-7H2,1-2H3,(H,15,16)/t8-/m0/s1. The van der Waals surface area contributed by atoms with Gasteiger partial charge in [0.05, 0.1) is 10.2 Å². The number of aromatic nitrogens is 2. The van der Waals surface area contributed by atoms with Crippen molar-refractivity contribution in [1.82, 2.24) is 20.0 Å². The van der Waals surface area contributed by atoms with Crippen LogP contribution in [0, 0.1) is 0 Å². The summed E-state index contributed by atoms with van der Waals surface area (Å²) in [6.45, 7) is 4.71. The van der Waals surface area contributed by atoms with Crippen molar-refractivity contribution < 1.29 is 4.79 Å². The number of rotatable bonds is 2. The Bertz CT molecular complexity index is 497. The van der Waals surface area contributed by atoms with Gasteiger partial charge < -0.3 is 9.80 Å². The Hall–Kier alpha value is -0.880. The second-order valence-electron chi connectivity index (χ2n) is 5.68. The van der Waals surface area contributed by atoms with Gasteiger partial charge in [-0.25, -0.2) is 0 Å². The van der Waals surface area contributed by atoms with E-state index in [1.54, 1.807) is 0 Å². The van der Waals surface area contributed by atoms with Crippen LogP contribution in [-0.2, 0) is 0 Å². The zero-order chi connectivity index (χ0) is 13.6. The van der Waals surface area contributed by atoms with E-state index in [4.69, 9.17) is 0 Å². The fourth-order valence-corrected chi connectivity index (χ4v) is 3.37. The summed E-state index contributed by atoms with van der Waals surface area (Å²) in [6, 6.07) is 0.235. The number of halogens is 1. The van der Waals surface area contributed by atoms with E-state index in [1.807, 2.05) is 4.90 Å². The highest BCUT2D eigenvalue weighted by Gasteiger charge is 2.33. The molecule has 1 N–H and O–H groups in total. The molecule has 1 atom stereocenters. The maximum Gasteiger partial charge on any atom is 0.275 e. The SMILES string of the molecule is C[C@H]1CN(C)CCN1C(=O)c1n[nH]c(C2CC2)c1Br. The summed E-state index contributed by atoms with van der Waals surface area (Å²) in [7, 11) is 2.09. The number of likely N-dealkylation sites (N-methyl/N-ethyl adjacent to an activating group) is 1. The summed E-state index contributed by atoms with van der Waals surface area (Å²) in [5.74, 6) is 0.601. The number of aromatic amines is 1. The lowest BCUT2D eigenvalue weighted by Crippen LogP contribution is -2.52.